The first-order valence-electron chi connectivity index (χ1n) is 5.51. The zero-order chi connectivity index (χ0) is 12.2. The predicted molar refractivity (Wildman–Crippen MR) is 67.4 cm³/mol. The Morgan fingerprint density at radius 1 is 1.18 bits per heavy atom. The van der Waals surface area contributed by atoms with Gasteiger partial charge in [0.2, 0.25) is 12.2 Å². The maximum absolute atomic E-state index is 10.3. The van der Waals surface area contributed by atoms with Crippen LogP contribution in [0.3, 0.4) is 0 Å². The summed E-state index contributed by atoms with van der Waals surface area (Å²) in [6.07, 6.45) is 5.88. The Hall–Kier alpha value is -1.24. The molecule has 2 unspecified atom stereocenters. The Morgan fingerprint density at radius 2 is 1.82 bits per heavy atom. The smallest absolute Gasteiger partial charge is 0.211 e. The maximum atomic E-state index is 10.3. The van der Waals surface area contributed by atoms with Crippen molar-refractivity contribution in [3.63, 3.8) is 0 Å². The molecule has 1 aliphatic carbocycles. The van der Waals surface area contributed by atoms with E-state index < -0.39 is 0 Å². The molecule has 0 aliphatic heterocycles. The van der Waals surface area contributed by atoms with Crippen molar-refractivity contribution in [1.82, 2.24) is 0 Å². The van der Waals surface area contributed by atoms with Gasteiger partial charge in [-0.25, -0.2) is 19.6 Å². The molecule has 1 rings (SSSR count). The molecule has 0 aromatic rings. The molecule has 1 saturated carbocycles. The fourth-order valence-corrected chi connectivity index (χ4v) is 3.09. The number of aliphatic imine (C=N–C) groups is 2. The van der Waals surface area contributed by atoms with Gasteiger partial charge in [0, 0.05) is 0 Å². The van der Waals surface area contributed by atoms with Gasteiger partial charge in [0.05, 0.1) is 12.6 Å². The highest BCUT2D eigenvalue weighted by atomic mass is 16.1. The van der Waals surface area contributed by atoms with Gasteiger partial charge < -0.3 is 0 Å². The number of isocyanates is 2. The van der Waals surface area contributed by atoms with E-state index in [0.29, 0.717) is 6.54 Å². The van der Waals surface area contributed by atoms with Gasteiger partial charge in [0.1, 0.15) is 0 Å². The molecule has 2 atom stereocenters. The van der Waals surface area contributed by atoms with E-state index in [9.17, 15) is 9.59 Å². The molecule has 0 bridgehead atoms. The highest BCUT2D eigenvalue weighted by Gasteiger charge is 2.41. The first-order chi connectivity index (χ1) is 7.41. The minimum absolute atomic E-state index is 0. The normalized spacial score (nSPS) is 30.4. The predicted octanol–water partition coefficient (Wildman–Crippen LogP) is 2.88. The Kier molecular flexibility index (Phi) is 5.47. The molecule has 0 heterocycles. The third-order valence-corrected chi connectivity index (χ3v) is 3.18. The second-order valence-electron chi connectivity index (χ2n) is 5.84. The van der Waals surface area contributed by atoms with Crippen LogP contribution in [0.25, 0.3) is 0 Å². The summed E-state index contributed by atoms with van der Waals surface area (Å²) in [5, 5.41) is 0. The molecule has 0 spiro atoms. The van der Waals surface area contributed by atoms with Gasteiger partial charge in [-0.2, -0.15) is 0 Å². The van der Waals surface area contributed by atoms with Crippen LogP contribution in [0, 0.1) is 10.8 Å². The lowest BCUT2D eigenvalue weighted by atomic mass is 9.63. The van der Waals surface area contributed by atoms with Gasteiger partial charge in [0.15, 0.2) is 0 Å². The van der Waals surface area contributed by atoms with Crippen molar-refractivity contribution < 1.29 is 9.59 Å². The van der Waals surface area contributed by atoms with Crippen molar-refractivity contribution in [1.29, 1.82) is 0 Å². The molecule has 17 heavy (non-hydrogen) atoms. The van der Waals surface area contributed by atoms with Crippen LogP contribution in [0.5, 0.6) is 0 Å². The maximum Gasteiger partial charge on any atom is 0.235 e. The van der Waals surface area contributed by atoms with E-state index in [1.807, 2.05) is 0 Å². The lowest BCUT2D eigenvalue weighted by Gasteiger charge is -2.44. The van der Waals surface area contributed by atoms with Gasteiger partial charge in [-0.1, -0.05) is 28.2 Å². The van der Waals surface area contributed by atoms with E-state index >= 15 is 0 Å². The van der Waals surface area contributed by atoms with Crippen LogP contribution in [0.4, 0.5) is 0 Å². The second kappa shape index (κ2) is 5.90. The van der Waals surface area contributed by atoms with Crippen molar-refractivity contribution in [2.75, 3.05) is 6.54 Å². The molecule has 0 radical (unpaired) electrons. The van der Waals surface area contributed by atoms with Crippen molar-refractivity contribution in [3.05, 3.63) is 0 Å². The van der Waals surface area contributed by atoms with E-state index in [1.165, 1.54) is 0 Å². The fourth-order valence-electron chi connectivity index (χ4n) is 3.09. The Morgan fingerprint density at radius 3 is 2.35 bits per heavy atom. The topological polar surface area (TPSA) is 58.9 Å². The molecular formula is C13H22N2O2. The summed E-state index contributed by atoms with van der Waals surface area (Å²) in [7, 11) is 0. The third-order valence-electron chi connectivity index (χ3n) is 3.18. The highest BCUT2D eigenvalue weighted by molar-refractivity contribution is 5.34. The van der Waals surface area contributed by atoms with Crippen LogP contribution < -0.4 is 0 Å². The fraction of sp³-hybridized carbons (Fsp3) is 0.846. The Bertz CT molecular complexity index is 352. The number of hydrogen-bond donors (Lipinski definition) is 0. The summed E-state index contributed by atoms with van der Waals surface area (Å²) in [6.45, 7) is 6.86. The van der Waals surface area contributed by atoms with Crippen molar-refractivity contribution in [2.24, 2.45) is 20.8 Å². The van der Waals surface area contributed by atoms with Crippen LogP contribution >= 0.6 is 0 Å². The van der Waals surface area contributed by atoms with Gasteiger partial charge >= 0.3 is 0 Å². The molecule has 0 amide bonds. The van der Waals surface area contributed by atoms with Crippen LogP contribution in [0.15, 0.2) is 9.98 Å². The second-order valence-corrected chi connectivity index (χ2v) is 5.84. The van der Waals surface area contributed by atoms with Gasteiger partial charge in [-0.3, -0.25) is 0 Å². The molecule has 4 heteroatoms. The number of nitrogens with zero attached hydrogens (tertiary/aromatic N) is 2. The van der Waals surface area contributed by atoms with E-state index in [0.717, 1.165) is 19.3 Å². The van der Waals surface area contributed by atoms with Crippen LogP contribution in [0.2, 0.25) is 0 Å². The van der Waals surface area contributed by atoms with Gasteiger partial charge in [0.25, 0.3) is 0 Å². The monoisotopic (exact) mass is 238 g/mol. The summed E-state index contributed by atoms with van der Waals surface area (Å²) in [5.41, 5.74) is 0.0561. The zero-order valence-electron chi connectivity index (χ0n) is 10.1. The summed E-state index contributed by atoms with van der Waals surface area (Å²) >= 11 is 0. The van der Waals surface area contributed by atoms with Crippen molar-refractivity contribution in [2.45, 2.75) is 53.5 Å². The van der Waals surface area contributed by atoms with Crippen LogP contribution in [-0.2, 0) is 9.59 Å². The highest BCUT2D eigenvalue weighted by Crippen LogP contribution is 2.47. The quantitative estimate of drug-likeness (QED) is 0.560. The lowest BCUT2D eigenvalue weighted by molar-refractivity contribution is 0.0915. The average Bonchev–Trinajstić information content (AvgIpc) is 2.12. The van der Waals surface area contributed by atoms with Gasteiger partial charge in [-0.15, -0.1) is 0 Å². The molecule has 0 saturated heterocycles. The van der Waals surface area contributed by atoms with Crippen molar-refractivity contribution in [3.8, 4) is 0 Å². The SMILES string of the molecule is C.CC1(C)CC(N=C=O)CC(C)(CN=C=O)C1. The van der Waals surface area contributed by atoms with Crippen molar-refractivity contribution >= 4 is 12.2 Å². The molecule has 1 fully saturated rings. The number of hydrogen-bond acceptors (Lipinski definition) is 4. The minimum Gasteiger partial charge on any atom is -0.211 e. The van der Waals surface area contributed by atoms with E-state index in [2.05, 4.69) is 30.8 Å². The van der Waals surface area contributed by atoms with Gasteiger partial charge in [-0.05, 0) is 30.1 Å². The number of rotatable bonds is 3. The first kappa shape index (κ1) is 15.8. The Balaban J connectivity index is 0.00000256. The van der Waals surface area contributed by atoms with E-state index in [4.69, 9.17) is 0 Å². The minimum atomic E-state index is -0.0653. The number of carbonyl (C=O) groups excluding carboxylic acids is 2. The van der Waals surface area contributed by atoms with E-state index in [1.54, 1.807) is 12.2 Å². The standard InChI is InChI=1S/C12H18N2O2.CH4/c1-11(2)4-10(14-9-16)5-12(3,6-11)7-13-8-15;/h10H,4-7H2,1-3H3;1H4. The zero-order valence-corrected chi connectivity index (χ0v) is 10.1. The van der Waals surface area contributed by atoms with E-state index in [-0.39, 0.29) is 24.3 Å². The summed E-state index contributed by atoms with van der Waals surface area (Å²) < 4.78 is 0. The third kappa shape index (κ3) is 4.64. The summed E-state index contributed by atoms with van der Waals surface area (Å²) in [5.74, 6) is 0. The van der Waals surface area contributed by atoms with Crippen LogP contribution in [-0.4, -0.2) is 24.7 Å². The summed E-state index contributed by atoms with van der Waals surface area (Å²) in [6, 6.07) is 0.00750. The molecule has 0 N–H and O–H groups in total. The molecule has 96 valence electrons. The first-order valence-corrected chi connectivity index (χ1v) is 5.51. The molecular weight excluding hydrogens is 216 g/mol. The Labute approximate surface area is 103 Å². The molecule has 1 aliphatic rings. The molecule has 4 nitrogen and oxygen atoms in total. The molecule has 0 aromatic carbocycles. The largest absolute Gasteiger partial charge is 0.235 e. The van der Waals surface area contributed by atoms with Crippen LogP contribution in [0.1, 0.15) is 47.5 Å². The lowest BCUT2D eigenvalue weighted by Crippen LogP contribution is -2.39. The summed E-state index contributed by atoms with van der Waals surface area (Å²) in [4.78, 5) is 28.0. The average molecular weight is 238 g/mol. The molecule has 0 aromatic heterocycles.